The van der Waals surface area contributed by atoms with Crippen LogP contribution >= 0.6 is 0 Å². The average molecular weight is 280 g/mol. The summed E-state index contributed by atoms with van der Waals surface area (Å²) in [6, 6.07) is 6.06. The summed E-state index contributed by atoms with van der Waals surface area (Å²) in [6.45, 7) is 0.383. The number of carbonyl (C=O) groups excluding carboxylic acids is 2. The number of hydrogen-bond acceptors (Lipinski definition) is 3. The third-order valence-electron chi connectivity index (χ3n) is 2.61. The van der Waals surface area contributed by atoms with Crippen LogP contribution < -0.4 is 11.0 Å². The van der Waals surface area contributed by atoms with Crippen molar-refractivity contribution in [2.45, 2.75) is 13.0 Å². The van der Waals surface area contributed by atoms with Gasteiger partial charge in [0.1, 0.15) is 0 Å². The van der Waals surface area contributed by atoms with E-state index in [1.165, 1.54) is 4.90 Å². The van der Waals surface area contributed by atoms with Gasteiger partial charge < -0.3 is 21.0 Å². The molecule has 4 N–H and O–H groups in total. The fraction of sp³-hybridized carbons (Fsp3) is 0.308. The van der Waals surface area contributed by atoms with Gasteiger partial charge >= 0.3 is 12.0 Å². The second kappa shape index (κ2) is 7.13. The maximum absolute atomic E-state index is 11.7. The molecule has 0 bridgehead atoms. The molecule has 7 nitrogen and oxygen atoms in total. The van der Waals surface area contributed by atoms with Crippen LogP contribution in [0.1, 0.15) is 22.3 Å². The Hall–Kier alpha value is -2.57. The Morgan fingerprint density at radius 1 is 1.35 bits per heavy atom. The van der Waals surface area contributed by atoms with Crippen molar-refractivity contribution in [2.75, 3.05) is 13.6 Å². The van der Waals surface area contributed by atoms with E-state index in [9.17, 15) is 14.4 Å². The van der Waals surface area contributed by atoms with Crippen molar-refractivity contribution < 1.29 is 20.9 Å². The lowest BCUT2D eigenvalue weighted by Crippen LogP contribution is -2.31. The average Bonchev–Trinajstić information content (AvgIpc) is 2.46. The maximum atomic E-state index is 11.7. The van der Waals surface area contributed by atoms with Crippen LogP contribution in [-0.2, 0) is 11.3 Å². The standard InChI is InChI=1S/C13H17N3O4/c1-16(13(14)20)8-9-2-4-10(5-3-9)12(19)15-7-6-11(17)18/h2-5H,6-8H2,1H3,(H2,14,20)(H,15,19)(H,17,18)/i/hD. The lowest BCUT2D eigenvalue weighted by Gasteiger charge is -2.14. The largest absolute Gasteiger partial charge is 0.481 e. The molecule has 1 rings (SSSR count). The minimum atomic E-state index is -0.971. The molecule has 0 aliphatic rings. The number of hydrogen-bond donors (Lipinski definition) is 3. The molecule has 0 heterocycles. The zero-order chi connectivity index (χ0) is 15.8. The number of benzene rings is 1. The van der Waals surface area contributed by atoms with E-state index >= 15 is 0 Å². The number of carbonyl (C=O) groups is 3. The predicted octanol–water partition coefficient (Wildman–Crippen LogP) is 0.402. The molecule has 0 aromatic heterocycles. The number of carboxylic acids is 1. The summed E-state index contributed by atoms with van der Waals surface area (Å²) >= 11 is 0. The van der Waals surface area contributed by atoms with Gasteiger partial charge in [-0.1, -0.05) is 12.1 Å². The van der Waals surface area contributed by atoms with Gasteiger partial charge in [-0.2, -0.15) is 0 Å². The number of nitrogens with one attached hydrogen (secondary N) is 1. The summed E-state index contributed by atoms with van der Waals surface area (Å²) in [5, 5.41) is 11.0. The molecular weight excluding hydrogens is 262 g/mol. The lowest BCUT2D eigenvalue weighted by atomic mass is 10.1. The van der Waals surface area contributed by atoms with Crippen LogP contribution in [-0.4, -0.2) is 41.5 Å². The van der Waals surface area contributed by atoms with Crippen molar-refractivity contribution in [1.82, 2.24) is 10.2 Å². The molecule has 0 fully saturated rings. The van der Waals surface area contributed by atoms with E-state index in [0.29, 0.717) is 12.1 Å². The van der Waals surface area contributed by atoms with Crippen molar-refractivity contribution in [2.24, 2.45) is 5.73 Å². The summed E-state index contributed by atoms with van der Waals surface area (Å²) in [7, 11) is 1.55. The van der Waals surface area contributed by atoms with Gasteiger partial charge in [-0.3, -0.25) is 9.59 Å². The number of rotatable bonds is 6. The summed E-state index contributed by atoms with van der Waals surface area (Å²) in [4.78, 5) is 34.6. The monoisotopic (exact) mass is 280 g/mol. The van der Waals surface area contributed by atoms with Crippen LogP contribution in [0.15, 0.2) is 24.3 Å². The number of nitrogens with two attached hydrogens (primary N) is 1. The van der Waals surface area contributed by atoms with Crippen LogP contribution in [0, 0.1) is 0 Å². The Morgan fingerprint density at radius 2 is 2.00 bits per heavy atom. The smallest absolute Gasteiger partial charge is 0.314 e. The summed E-state index contributed by atoms with van der Waals surface area (Å²) in [5.41, 5.74) is 2.99. The molecule has 1 aromatic rings. The number of urea groups is 1. The van der Waals surface area contributed by atoms with Crippen molar-refractivity contribution in [3.8, 4) is 0 Å². The van der Waals surface area contributed by atoms with Crippen LogP contribution in [0.25, 0.3) is 0 Å². The minimum Gasteiger partial charge on any atom is -0.481 e. The first kappa shape index (κ1) is 13.9. The highest BCUT2D eigenvalue weighted by atomic mass is 16.4. The van der Waals surface area contributed by atoms with Gasteiger partial charge in [-0.15, -0.1) is 0 Å². The number of nitrogens with zero attached hydrogens (tertiary/aromatic N) is 1. The third-order valence-corrected chi connectivity index (χ3v) is 2.61. The lowest BCUT2D eigenvalue weighted by molar-refractivity contribution is -0.136. The Labute approximate surface area is 117 Å². The Balaban J connectivity index is 2.55. The minimum absolute atomic E-state index is 0.0718. The molecule has 0 spiro atoms. The maximum Gasteiger partial charge on any atom is 0.314 e. The normalized spacial score (nSPS) is 10.3. The van der Waals surface area contributed by atoms with E-state index in [-0.39, 0.29) is 18.9 Å². The Morgan fingerprint density at radius 3 is 2.55 bits per heavy atom. The molecule has 108 valence electrons. The first-order chi connectivity index (χ1) is 9.93. The van der Waals surface area contributed by atoms with E-state index in [2.05, 4.69) is 5.32 Å². The van der Waals surface area contributed by atoms with Gasteiger partial charge in [0, 0.05) is 25.7 Å². The van der Waals surface area contributed by atoms with Crippen LogP contribution in [0.3, 0.4) is 0 Å². The molecule has 0 unspecified atom stereocenters. The van der Waals surface area contributed by atoms with Gasteiger partial charge in [0.25, 0.3) is 5.91 Å². The molecule has 20 heavy (non-hydrogen) atoms. The van der Waals surface area contributed by atoms with Crippen molar-refractivity contribution in [3.63, 3.8) is 0 Å². The van der Waals surface area contributed by atoms with Gasteiger partial charge in [-0.05, 0) is 17.7 Å². The first-order valence-corrected chi connectivity index (χ1v) is 5.96. The molecule has 7 heteroatoms. The highest BCUT2D eigenvalue weighted by Crippen LogP contribution is 2.06. The van der Waals surface area contributed by atoms with Gasteiger partial charge in [0.05, 0.1) is 6.42 Å². The second-order valence-corrected chi connectivity index (χ2v) is 4.26. The molecule has 1 aromatic carbocycles. The van der Waals surface area contributed by atoms with E-state index < -0.39 is 12.0 Å². The fourth-order valence-electron chi connectivity index (χ4n) is 1.49. The van der Waals surface area contributed by atoms with Crippen LogP contribution in [0.4, 0.5) is 4.79 Å². The second-order valence-electron chi connectivity index (χ2n) is 4.26. The topological polar surface area (TPSA) is 113 Å². The number of carboxylic acid groups (broad SMARTS) is 1. The summed E-state index contributed by atoms with van der Waals surface area (Å²) in [5.74, 6) is -1.32. The highest BCUT2D eigenvalue weighted by Gasteiger charge is 2.08. The van der Waals surface area contributed by atoms with E-state index in [1.807, 2.05) is 0 Å². The zero-order valence-electron chi connectivity index (χ0n) is 12.0. The Kier molecular flexibility index (Phi) is 4.94. The number of aliphatic carboxylic acids is 1. The van der Waals surface area contributed by atoms with Crippen molar-refractivity contribution >= 4 is 17.9 Å². The van der Waals surface area contributed by atoms with E-state index in [0.717, 1.165) is 5.56 Å². The molecule has 0 aliphatic carbocycles. The quantitative estimate of drug-likeness (QED) is 0.700. The molecule has 0 atom stereocenters. The molecule has 0 aliphatic heterocycles. The summed E-state index contributed by atoms with van der Waals surface area (Å²) in [6.07, 6.45) is -0.128. The fourth-order valence-corrected chi connectivity index (χ4v) is 1.49. The SMILES string of the molecule is [2H]NC(=O)N(C)Cc1ccc(C(=O)NCCC(=O)O)cc1. The number of primary amides is 1. The Bertz CT molecular complexity index is 519. The van der Waals surface area contributed by atoms with Crippen molar-refractivity contribution in [1.29, 1.82) is 0 Å². The summed E-state index contributed by atoms with van der Waals surface area (Å²) < 4.78 is 6.75. The van der Waals surface area contributed by atoms with E-state index in [4.69, 9.17) is 6.52 Å². The molecule has 0 saturated carbocycles. The molecular formula is C13H17N3O4. The van der Waals surface area contributed by atoms with Gasteiger partial charge in [-0.25, -0.2) is 4.79 Å². The van der Waals surface area contributed by atoms with Crippen molar-refractivity contribution in [3.05, 3.63) is 35.4 Å². The van der Waals surface area contributed by atoms with Crippen LogP contribution in [0.2, 0.25) is 1.41 Å². The third kappa shape index (κ3) is 4.97. The highest BCUT2D eigenvalue weighted by molar-refractivity contribution is 5.94. The molecule has 3 amide bonds. The van der Waals surface area contributed by atoms with E-state index in [1.54, 1.807) is 37.0 Å². The van der Waals surface area contributed by atoms with Gasteiger partial charge in [0.15, 0.2) is 1.41 Å². The molecule has 0 radical (unpaired) electrons. The zero-order valence-corrected chi connectivity index (χ0v) is 11.0. The predicted molar refractivity (Wildman–Crippen MR) is 72.1 cm³/mol. The van der Waals surface area contributed by atoms with Crippen LogP contribution in [0.5, 0.6) is 0 Å². The molecule has 0 saturated heterocycles. The number of amides is 3. The first-order valence-electron chi connectivity index (χ1n) is 6.46. The van der Waals surface area contributed by atoms with Gasteiger partial charge in [0.2, 0.25) is 0 Å².